The number of aromatic nitrogens is 1. The molecule has 4 heteroatoms. The first kappa shape index (κ1) is 12.0. The van der Waals surface area contributed by atoms with E-state index in [9.17, 15) is 0 Å². The van der Waals surface area contributed by atoms with Crippen molar-refractivity contribution in [3.63, 3.8) is 0 Å². The Morgan fingerprint density at radius 3 is 3.06 bits per heavy atom. The fourth-order valence-electron chi connectivity index (χ4n) is 2.55. The van der Waals surface area contributed by atoms with E-state index < -0.39 is 0 Å². The summed E-state index contributed by atoms with van der Waals surface area (Å²) >= 11 is 1.74. The molecule has 1 fully saturated rings. The zero-order valence-electron chi connectivity index (χ0n) is 9.69. The minimum atomic E-state index is 0.757. The average Bonchev–Trinajstić information content (AvgIpc) is 2.95. The van der Waals surface area contributed by atoms with Gasteiger partial charge in [0.1, 0.15) is 0 Å². The van der Waals surface area contributed by atoms with Crippen LogP contribution < -0.4 is 11.1 Å². The lowest BCUT2D eigenvalue weighted by atomic mass is 9.96. The summed E-state index contributed by atoms with van der Waals surface area (Å²) in [4.78, 5) is 4.28. The summed E-state index contributed by atoms with van der Waals surface area (Å²) < 4.78 is 0. The zero-order chi connectivity index (χ0) is 11.2. The lowest BCUT2D eigenvalue weighted by molar-refractivity contribution is 0.375. The summed E-state index contributed by atoms with van der Waals surface area (Å²) in [7, 11) is 0. The van der Waals surface area contributed by atoms with Gasteiger partial charge in [0.2, 0.25) is 0 Å². The first-order valence-electron chi connectivity index (χ1n) is 6.19. The summed E-state index contributed by atoms with van der Waals surface area (Å²) in [6, 6.07) is 0. The first-order valence-corrected chi connectivity index (χ1v) is 7.07. The first-order chi connectivity index (χ1) is 7.90. The van der Waals surface area contributed by atoms with Gasteiger partial charge in [-0.3, -0.25) is 0 Å². The van der Waals surface area contributed by atoms with Gasteiger partial charge in [-0.1, -0.05) is 6.42 Å². The molecule has 3 N–H and O–H groups in total. The molecule has 90 valence electrons. The standard InChI is InChI=1S/C12H21N3S/c13-8-10-2-1-3-11(10)9-14-5-4-12-15-6-7-16-12/h6-7,10-11,14H,1-5,8-9,13H2. The van der Waals surface area contributed by atoms with Crippen LogP contribution in [0.2, 0.25) is 0 Å². The van der Waals surface area contributed by atoms with Gasteiger partial charge in [-0.15, -0.1) is 11.3 Å². The molecule has 1 aromatic rings. The number of rotatable bonds is 6. The molecule has 2 unspecified atom stereocenters. The van der Waals surface area contributed by atoms with E-state index in [1.54, 1.807) is 11.3 Å². The molecular weight excluding hydrogens is 218 g/mol. The van der Waals surface area contributed by atoms with Crippen LogP contribution in [0.4, 0.5) is 0 Å². The van der Waals surface area contributed by atoms with Crippen molar-refractivity contribution >= 4 is 11.3 Å². The summed E-state index contributed by atoms with van der Waals surface area (Å²) in [6.07, 6.45) is 6.97. The van der Waals surface area contributed by atoms with Gasteiger partial charge in [-0.05, 0) is 37.8 Å². The van der Waals surface area contributed by atoms with Crippen molar-refractivity contribution in [1.82, 2.24) is 10.3 Å². The Morgan fingerprint density at radius 2 is 2.31 bits per heavy atom. The van der Waals surface area contributed by atoms with Crippen molar-refractivity contribution in [2.45, 2.75) is 25.7 Å². The predicted molar refractivity (Wildman–Crippen MR) is 68.6 cm³/mol. The van der Waals surface area contributed by atoms with E-state index in [4.69, 9.17) is 5.73 Å². The third-order valence-corrected chi connectivity index (χ3v) is 4.36. The van der Waals surface area contributed by atoms with E-state index >= 15 is 0 Å². The van der Waals surface area contributed by atoms with Crippen molar-refractivity contribution in [2.75, 3.05) is 19.6 Å². The van der Waals surface area contributed by atoms with Crippen LogP contribution in [0.15, 0.2) is 11.6 Å². The topological polar surface area (TPSA) is 50.9 Å². The smallest absolute Gasteiger partial charge is 0.0937 e. The van der Waals surface area contributed by atoms with Crippen LogP contribution in [0.3, 0.4) is 0 Å². The Bertz CT molecular complexity index is 286. The molecule has 0 amide bonds. The van der Waals surface area contributed by atoms with Crippen LogP contribution in [-0.2, 0) is 6.42 Å². The van der Waals surface area contributed by atoms with Crippen LogP contribution in [0.25, 0.3) is 0 Å². The maximum Gasteiger partial charge on any atom is 0.0937 e. The Balaban J connectivity index is 1.61. The summed E-state index contributed by atoms with van der Waals surface area (Å²) in [5.74, 6) is 1.56. The van der Waals surface area contributed by atoms with Crippen molar-refractivity contribution in [3.05, 3.63) is 16.6 Å². The normalized spacial score (nSPS) is 25.1. The van der Waals surface area contributed by atoms with Crippen LogP contribution >= 0.6 is 11.3 Å². The largest absolute Gasteiger partial charge is 0.330 e. The highest BCUT2D eigenvalue weighted by molar-refractivity contribution is 7.09. The summed E-state index contributed by atoms with van der Waals surface area (Å²) in [5.41, 5.74) is 5.77. The van der Waals surface area contributed by atoms with Gasteiger partial charge in [0.25, 0.3) is 0 Å². The van der Waals surface area contributed by atoms with E-state index in [-0.39, 0.29) is 0 Å². The van der Waals surface area contributed by atoms with Crippen molar-refractivity contribution in [3.8, 4) is 0 Å². The average molecular weight is 239 g/mol. The lowest BCUT2D eigenvalue weighted by Gasteiger charge is -2.18. The molecule has 0 aromatic carbocycles. The SMILES string of the molecule is NCC1CCCC1CNCCc1nccs1. The molecule has 1 aliphatic rings. The lowest BCUT2D eigenvalue weighted by Crippen LogP contribution is -2.30. The molecule has 3 nitrogen and oxygen atoms in total. The maximum atomic E-state index is 5.77. The second kappa shape index (κ2) is 6.33. The van der Waals surface area contributed by atoms with Crippen LogP contribution in [0.1, 0.15) is 24.3 Å². The fraction of sp³-hybridized carbons (Fsp3) is 0.750. The van der Waals surface area contributed by atoms with Crippen LogP contribution in [0.5, 0.6) is 0 Å². The van der Waals surface area contributed by atoms with Gasteiger partial charge < -0.3 is 11.1 Å². The Morgan fingerprint density at radius 1 is 1.44 bits per heavy atom. The van der Waals surface area contributed by atoms with Gasteiger partial charge in [-0.25, -0.2) is 4.98 Å². The molecule has 2 rings (SSSR count). The minimum Gasteiger partial charge on any atom is -0.330 e. The van der Waals surface area contributed by atoms with E-state index in [2.05, 4.69) is 10.3 Å². The molecule has 1 heterocycles. The number of nitrogens with one attached hydrogen (secondary N) is 1. The van der Waals surface area contributed by atoms with Gasteiger partial charge in [-0.2, -0.15) is 0 Å². The van der Waals surface area contributed by atoms with Gasteiger partial charge >= 0.3 is 0 Å². The molecule has 1 aromatic heterocycles. The monoisotopic (exact) mass is 239 g/mol. The summed E-state index contributed by atoms with van der Waals surface area (Å²) in [6.45, 7) is 3.04. The van der Waals surface area contributed by atoms with E-state index in [1.165, 1.54) is 24.3 Å². The number of hydrogen-bond acceptors (Lipinski definition) is 4. The van der Waals surface area contributed by atoms with E-state index in [0.29, 0.717) is 0 Å². The number of nitrogens with two attached hydrogens (primary N) is 1. The van der Waals surface area contributed by atoms with Gasteiger partial charge in [0, 0.05) is 24.5 Å². The quantitative estimate of drug-likeness (QED) is 0.742. The van der Waals surface area contributed by atoms with Crippen molar-refractivity contribution in [2.24, 2.45) is 17.6 Å². The van der Waals surface area contributed by atoms with Crippen LogP contribution in [-0.4, -0.2) is 24.6 Å². The molecule has 0 saturated heterocycles. The molecule has 0 spiro atoms. The molecule has 0 radical (unpaired) electrons. The zero-order valence-corrected chi connectivity index (χ0v) is 10.5. The third-order valence-electron chi connectivity index (χ3n) is 3.52. The highest BCUT2D eigenvalue weighted by atomic mass is 32.1. The predicted octanol–water partition coefficient (Wildman–Crippen LogP) is 1.65. The molecule has 0 aliphatic heterocycles. The highest BCUT2D eigenvalue weighted by Crippen LogP contribution is 2.30. The highest BCUT2D eigenvalue weighted by Gasteiger charge is 2.25. The fourth-order valence-corrected chi connectivity index (χ4v) is 3.17. The maximum absolute atomic E-state index is 5.77. The number of thiazole rings is 1. The molecule has 0 bridgehead atoms. The van der Waals surface area contributed by atoms with Crippen molar-refractivity contribution < 1.29 is 0 Å². The Hall–Kier alpha value is -0.450. The molecule has 1 aliphatic carbocycles. The van der Waals surface area contributed by atoms with Gasteiger partial charge in [0.05, 0.1) is 5.01 Å². The Labute approximate surface area is 101 Å². The third kappa shape index (κ3) is 3.27. The second-order valence-electron chi connectivity index (χ2n) is 4.57. The van der Waals surface area contributed by atoms with Gasteiger partial charge in [0.15, 0.2) is 0 Å². The number of nitrogens with zero attached hydrogens (tertiary/aromatic N) is 1. The molecule has 16 heavy (non-hydrogen) atoms. The molecular formula is C12H21N3S. The molecule has 1 saturated carbocycles. The second-order valence-corrected chi connectivity index (χ2v) is 5.55. The summed E-state index contributed by atoms with van der Waals surface area (Å²) in [5, 5.41) is 6.81. The number of hydrogen-bond donors (Lipinski definition) is 2. The molecule has 2 atom stereocenters. The minimum absolute atomic E-state index is 0.757. The van der Waals surface area contributed by atoms with Crippen LogP contribution in [0, 0.1) is 11.8 Å². The van der Waals surface area contributed by atoms with Crippen molar-refractivity contribution in [1.29, 1.82) is 0 Å². The Kier molecular flexibility index (Phi) is 4.75. The van der Waals surface area contributed by atoms with E-state index in [1.807, 2.05) is 11.6 Å². The van der Waals surface area contributed by atoms with E-state index in [0.717, 1.165) is 37.9 Å².